The molecule has 2 unspecified atom stereocenters. The van der Waals surface area contributed by atoms with Crippen LogP contribution in [0, 0.1) is 0 Å². The maximum atomic E-state index is 4.39. The average molecular weight is 257 g/mol. The smallest absolute Gasteiger partial charge is 0.0537 e. The van der Waals surface area contributed by atoms with Crippen molar-refractivity contribution in [2.75, 3.05) is 6.54 Å². The van der Waals surface area contributed by atoms with Crippen LogP contribution in [-0.2, 0) is 6.54 Å². The molecule has 1 heterocycles. The summed E-state index contributed by atoms with van der Waals surface area (Å²) in [5.74, 6) is 0.427. The summed E-state index contributed by atoms with van der Waals surface area (Å²) in [5.41, 5.74) is 2.62. The van der Waals surface area contributed by atoms with E-state index in [2.05, 4.69) is 67.7 Å². The molecule has 2 rings (SSSR count). The quantitative estimate of drug-likeness (QED) is 0.860. The van der Waals surface area contributed by atoms with E-state index in [1.807, 2.05) is 10.9 Å². The largest absolute Gasteiger partial charge is 0.310 e. The Morgan fingerprint density at radius 1 is 1.16 bits per heavy atom. The number of hydrogen-bond acceptors (Lipinski definition) is 2. The second-order valence-electron chi connectivity index (χ2n) is 4.86. The Bertz CT molecular complexity index is 490. The Morgan fingerprint density at radius 3 is 2.47 bits per heavy atom. The molecule has 0 amide bonds. The minimum atomic E-state index is 0.313. The molecular formula is C16H23N3. The van der Waals surface area contributed by atoms with Gasteiger partial charge in [-0.2, -0.15) is 5.10 Å². The molecule has 0 spiro atoms. The van der Waals surface area contributed by atoms with Gasteiger partial charge in [-0.3, -0.25) is 4.68 Å². The summed E-state index contributed by atoms with van der Waals surface area (Å²) in [6.45, 7) is 8.40. The Morgan fingerprint density at radius 2 is 1.89 bits per heavy atom. The number of likely N-dealkylation sites (N-methyl/N-ethyl adjacent to an activating group) is 1. The molecule has 0 bridgehead atoms. The Balaban J connectivity index is 2.24. The molecule has 1 aromatic carbocycles. The number of aryl methyl sites for hydroxylation is 1. The summed E-state index contributed by atoms with van der Waals surface area (Å²) in [6, 6.07) is 11.0. The zero-order valence-electron chi connectivity index (χ0n) is 12.0. The molecule has 1 aromatic heterocycles. The maximum absolute atomic E-state index is 4.39. The second kappa shape index (κ2) is 6.53. The summed E-state index contributed by atoms with van der Waals surface area (Å²) in [6.07, 6.45) is 4.13. The molecule has 3 nitrogen and oxygen atoms in total. The van der Waals surface area contributed by atoms with E-state index < -0.39 is 0 Å². The first kappa shape index (κ1) is 13.8. The molecule has 19 heavy (non-hydrogen) atoms. The van der Waals surface area contributed by atoms with Crippen LogP contribution in [0.5, 0.6) is 0 Å². The molecule has 0 aliphatic rings. The first-order chi connectivity index (χ1) is 9.26. The van der Waals surface area contributed by atoms with Gasteiger partial charge in [-0.25, -0.2) is 0 Å². The highest BCUT2D eigenvalue weighted by atomic mass is 15.3. The number of nitrogens with one attached hydrogen (secondary N) is 1. The molecule has 1 N–H and O–H groups in total. The van der Waals surface area contributed by atoms with Crippen LogP contribution in [0.3, 0.4) is 0 Å². The highest BCUT2D eigenvalue weighted by Crippen LogP contribution is 2.30. The first-order valence-corrected chi connectivity index (χ1v) is 7.07. The van der Waals surface area contributed by atoms with Crippen molar-refractivity contribution >= 4 is 0 Å². The Hall–Kier alpha value is -1.61. The SMILES string of the molecule is CCNC(c1cnn(CC)c1)C(C)c1ccccc1. The highest BCUT2D eigenvalue weighted by molar-refractivity contribution is 5.25. The summed E-state index contributed by atoms with van der Waals surface area (Å²) in [7, 11) is 0. The third-order valence-electron chi connectivity index (χ3n) is 3.59. The zero-order chi connectivity index (χ0) is 13.7. The molecule has 3 heteroatoms. The molecule has 0 aliphatic heterocycles. The second-order valence-corrected chi connectivity index (χ2v) is 4.86. The fraction of sp³-hybridized carbons (Fsp3) is 0.438. The lowest BCUT2D eigenvalue weighted by atomic mass is 9.90. The third kappa shape index (κ3) is 3.24. The minimum Gasteiger partial charge on any atom is -0.310 e. The van der Waals surface area contributed by atoms with Crippen LogP contribution in [0.15, 0.2) is 42.7 Å². The number of benzene rings is 1. The third-order valence-corrected chi connectivity index (χ3v) is 3.59. The van der Waals surface area contributed by atoms with Crippen molar-refractivity contribution in [3.05, 3.63) is 53.9 Å². The van der Waals surface area contributed by atoms with Gasteiger partial charge in [-0.05, 0) is 19.0 Å². The summed E-state index contributed by atoms with van der Waals surface area (Å²) in [5, 5.41) is 7.97. The predicted molar refractivity (Wildman–Crippen MR) is 79.2 cm³/mol. The maximum Gasteiger partial charge on any atom is 0.0537 e. The van der Waals surface area contributed by atoms with Crippen molar-refractivity contribution in [2.24, 2.45) is 0 Å². The van der Waals surface area contributed by atoms with Crippen molar-refractivity contribution in [3.63, 3.8) is 0 Å². The van der Waals surface area contributed by atoms with Gasteiger partial charge in [-0.15, -0.1) is 0 Å². The monoisotopic (exact) mass is 257 g/mol. The van der Waals surface area contributed by atoms with Crippen molar-refractivity contribution in [1.82, 2.24) is 15.1 Å². The van der Waals surface area contributed by atoms with Gasteiger partial charge in [-0.1, -0.05) is 44.2 Å². The minimum absolute atomic E-state index is 0.313. The van der Waals surface area contributed by atoms with Gasteiger partial charge in [0.25, 0.3) is 0 Å². The molecule has 0 saturated heterocycles. The van der Waals surface area contributed by atoms with Gasteiger partial charge in [0, 0.05) is 30.3 Å². The van der Waals surface area contributed by atoms with Crippen LogP contribution in [-0.4, -0.2) is 16.3 Å². The van der Waals surface area contributed by atoms with Crippen LogP contribution < -0.4 is 5.32 Å². The van der Waals surface area contributed by atoms with E-state index in [0.717, 1.165) is 13.1 Å². The normalized spacial score (nSPS) is 14.3. The van der Waals surface area contributed by atoms with E-state index in [0.29, 0.717) is 12.0 Å². The Labute approximate surface area is 115 Å². The predicted octanol–water partition coefficient (Wildman–Crippen LogP) is 3.36. The first-order valence-electron chi connectivity index (χ1n) is 7.07. The molecule has 0 fully saturated rings. The lowest BCUT2D eigenvalue weighted by molar-refractivity contribution is 0.478. The van der Waals surface area contributed by atoms with Crippen LogP contribution in [0.2, 0.25) is 0 Å². The van der Waals surface area contributed by atoms with E-state index in [-0.39, 0.29) is 0 Å². The zero-order valence-corrected chi connectivity index (χ0v) is 12.0. The standard InChI is InChI=1S/C16H23N3/c1-4-17-16(15-11-18-19(5-2)12-15)13(3)14-9-7-6-8-10-14/h6-13,16-17H,4-5H2,1-3H3. The molecule has 2 aromatic rings. The fourth-order valence-electron chi connectivity index (χ4n) is 2.47. The molecule has 0 saturated carbocycles. The van der Waals surface area contributed by atoms with Gasteiger partial charge in [0.15, 0.2) is 0 Å². The van der Waals surface area contributed by atoms with Gasteiger partial charge >= 0.3 is 0 Å². The molecule has 0 aliphatic carbocycles. The highest BCUT2D eigenvalue weighted by Gasteiger charge is 2.21. The molecule has 102 valence electrons. The topological polar surface area (TPSA) is 29.9 Å². The lowest BCUT2D eigenvalue weighted by Gasteiger charge is -2.24. The summed E-state index contributed by atoms with van der Waals surface area (Å²) >= 11 is 0. The molecule has 2 atom stereocenters. The van der Waals surface area contributed by atoms with Crippen LogP contribution in [0.4, 0.5) is 0 Å². The van der Waals surface area contributed by atoms with Crippen LogP contribution >= 0.6 is 0 Å². The lowest BCUT2D eigenvalue weighted by Crippen LogP contribution is -2.25. The van der Waals surface area contributed by atoms with Crippen molar-refractivity contribution in [2.45, 2.75) is 39.3 Å². The number of nitrogens with zero attached hydrogens (tertiary/aromatic N) is 2. The van der Waals surface area contributed by atoms with E-state index in [4.69, 9.17) is 0 Å². The van der Waals surface area contributed by atoms with Crippen molar-refractivity contribution in [3.8, 4) is 0 Å². The van der Waals surface area contributed by atoms with Gasteiger partial charge in [0.1, 0.15) is 0 Å². The van der Waals surface area contributed by atoms with Gasteiger partial charge in [0.05, 0.1) is 6.20 Å². The summed E-state index contributed by atoms with van der Waals surface area (Å²) < 4.78 is 1.98. The van der Waals surface area contributed by atoms with Gasteiger partial charge in [0.2, 0.25) is 0 Å². The van der Waals surface area contributed by atoms with Crippen molar-refractivity contribution in [1.29, 1.82) is 0 Å². The van der Waals surface area contributed by atoms with E-state index in [1.165, 1.54) is 11.1 Å². The number of aromatic nitrogens is 2. The van der Waals surface area contributed by atoms with E-state index >= 15 is 0 Å². The Kier molecular flexibility index (Phi) is 4.74. The van der Waals surface area contributed by atoms with E-state index in [9.17, 15) is 0 Å². The number of rotatable bonds is 6. The van der Waals surface area contributed by atoms with Crippen molar-refractivity contribution < 1.29 is 0 Å². The fourth-order valence-corrected chi connectivity index (χ4v) is 2.47. The van der Waals surface area contributed by atoms with Crippen LogP contribution in [0.25, 0.3) is 0 Å². The van der Waals surface area contributed by atoms with Crippen LogP contribution in [0.1, 0.15) is 43.9 Å². The average Bonchev–Trinajstić information content (AvgIpc) is 2.93. The molecule has 0 radical (unpaired) electrons. The van der Waals surface area contributed by atoms with E-state index in [1.54, 1.807) is 0 Å². The molecular weight excluding hydrogens is 234 g/mol. The summed E-state index contributed by atoms with van der Waals surface area (Å²) in [4.78, 5) is 0. The number of hydrogen-bond donors (Lipinski definition) is 1. The van der Waals surface area contributed by atoms with Gasteiger partial charge < -0.3 is 5.32 Å².